The molecule has 1 aromatic heterocycles. The molecule has 0 bridgehead atoms. The second-order valence-corrected chi connectivity index (χ2v) is 5.83. The number of nitrogens with two attached hydrogens (primary N) is 1. The Morgan fingerprint density at radius 3 is 3.17 bits per heavy atom. The molecule has 0 saturated carbocycles. The molecule has 1 saturated heterocycles. The number of rotatable bonds is 3. The van der Waals surface area contributed by atoms with E-state index in [0.717, 1.165) is 18.2 Å². The van der Waals surface area contributed by atoms with Crippen LogP contribution in [0.3, 0.4) is 0 Å². The van der Waals surface area contributed by atoms with Gasteiger partial charge in [-0.05, 0) is 31.9 Å². The van der Waals surface area contributed by atoms with Crippen LogP contribution in [0.2, 0.25) is 0 Å². The Hall–Kier alpha value is -0.820. The quantitative estimate of drug-likeness (QED) is 0.849. The van der Waals surface area contributed by atoms with E-state index in [-0.39, 0.29) is 0 Å². The monoisotopic (exact) mass is 262 g/mol. The van der Waals surface area contributed by atoms with Crippen molar-refractivity contribution in [1.82, 2.24) is 4.90 Å². The van der Waals surface area contributed by atoms with E-state index in [1.165, 1.54) is 37.1 Å². The van der Waals surface area contributed by atoms with Gasteiger partial charge in [0.2, 0.25) is 0 Å². The molecule has 2 heterocycles. The predicted molar refractivity (Wildman–Crippen MR) is 78.6 cm³/mol. The summed E-state index contributed by atoms with van der Waals surface area (Å²) in [5.74, 6) is 6.02. The molecular formula is C15H22N2S. The Labute approximate surface area is 114 Å². The fourth-order valence-corrected chi connectivity index (χ4v) is 3.45. The van der Waals surface area contributed by atoms with Gasteiger partial charge in [0.1, 0.15) is 0 Å². The molecule has 1 unspecified atom stereocenters. The third-order valence-electron chi connectivity index (χ3n) is 3.57. The van der Waals surface area contributed by atoms with Gasteiger partial charge in [0.15, 0.2) is 0 Å². The van der Waals surface area contributed by atoms with Crippen molar-refractivity contribution in [2.24, 2.45) is 5.73 Å². The minimum atomic E-state index is 0.440. The summed E-state index contributed by atoms with van der Waals surface area (Å²) in [6, 6.07) is 2.99. The van der Waals surface area contributed by atoms with E-state index in [4.69, 9.17) is 5.73 Å². The van der Waals surface area contributed by atoms with Crippen molar-refractivity contribution in [3.8, 4) is 11.8 Å². The molecule has 2 nitrogen and oxygen atoms in total. The summed E-state index contributed by atoms with van der Waals surface area (Å²) < 4.78 is 0. The Morgan fingerprint density at radius 2 is 2.39 bits per heavy atom. The number of likely N-dealkylation sites (tertiary alicyclic amines) is 1. The Balaban J connectivity index is 1.97. The zero-order valence-corrected chi connectivity index (χ0v) is 11.9. The Bertz CT molecular complexity index is 427. The van der Waals surface area contributed by atoms with Crippen LogP contribution in [0, 0.1) is 11.8 Å². The molecule has 0 aromatic carbocycles. The van der Waals surface area contributed by atoms with Crippen LogP contribution in [0.4, 0.5) is 0 Å². The fraction of sp³-hybridized carbons (Fsp3) is 0.600. The maximum Gasteiger partial charge on any atom is 0.0555 e. The summed E-state index contributed by atoms with van der Waals surface area (Å²) in [4.78, 5) is 4.06. The molecule has 0 spiro atoms. The third kappa shape index (κ3) is 3.58. The number of hydrogen-bond acceptors (Lipinski definition) is 3. The molecule has 0 radical (unpaired) electrons. The van der Waals surface area contributed by atoms with Crippen LogP contribution >= 0.6 is 11.3 Å². The van der Waals surface area contributed by atoms with Crippen LogP contribution in [0.5, 0.6) is 0 Å². The number of piperidine rings is 1. The number of hydrogen-bond donors (Lipinski definition) is 1. The zero-order chi connectivity index (χ0) is 12.8. The van der Waals surface area contributed by atoms with Crippen molar-refractivity contribution in [3.63, 3.8) is 0 Å². The van der Waals surface area contributed by atoms with Gasteiger partial charge in [0.25, 0.3) is 0 Å². The molecular weight excluding hydrogens is 240 g/mol. The molecule has 2 rings (SSSR count). The highest BCUT2D eigenvalue weighted by molar-refractivity contribution is 7.10. The molecule has 98 valence electrons. The maximum atomic E-state index is 5.39. The lowest BCUT2D eigenvalue weighted by molar-refractivity contribution is 0.137. The average molecular weight is 262 g/mol. The van der Waals surface area contributed by atoms with Crippen molar-refractivity contribution >= 4 is 11.3 Å². The molecule has 1 aromatic rings. The van der Waals surface area contributed by atoms with Gasteiger partial charge in [0, 0.05) is 28.4 Å². The van der Waals surface area contributed by atoms with Gasteiger partial charge < -0.3 is 5.73 Å². The molecule has 1 aliphatic rings. The number of nitrogens with zero attached hydrogens (tertiary/aromatic N) is 1. The van der Waals surface area contributed by atoms with Crippen molar-refractivity contribution in [1.29, 1.82) is 0 Å². The summed E-state index contributed by atoms with van der Waals surface area (Å²) in [6.07, 6.45) is 5.38. The lowest BCUT2D eigenvalue weighted by atomic mass is 10.00. The molecule has 0 amide bonds. The highest BCUT2D eigenvalue weighted by atomic mass is 32.1. The molecule has 3 heteroatoms. The normalized spacial score (nSPS) is 20.4. The minimum Gasteiger partial charge on any atom is -0.320 e. The van der Waals surface area contributed by atoms with Gasteiger partial charge in [-0.15, -0.1) is 11.3 Å². The first-order chi connectivity index (χ1) is 8.83. The summed E-state index contributed by atoms with van der Waals surface area (Å²) in [5.41, 5.74) is 6.51. The highest BCUT2D eigenvalue weighted by Crippen LogP contribution is 2.24. The second-order valence-electron chi connectivity index (χ2n) is 4.84. The van der Waals surface area contributed by atoms with Crippen LogP contribution in [-0.4, -0.2) is 24.0 Å². The van der Waals surface area contributed by atoms with Gasteiger partial charge in [-0.2, -0.15) is 0 Å². The molecule has 1 atom stereocenters. The van der Waals surface area contributed by atoms with E-state index in [2.05, 4.69) is 35.1 Å². The van der Waals surface area contributed by atoms with E-state index in [1.807, 2.05) is 11.3 Å². The third-order valence-corrected chi connectivity index (χ3v) is 4.49. The van der Waals surface area contributed by atoms with Crippen molar-refractivity contribution in [3.05, 3.63) is 21.9 Å². The molecule has 2 N–H and O–H groups in total. The summed E-state index contributed by atoms with van der Waals surface area (Å²) in [7, 11) is 0. The van der Waals surface area contributed by atoms with E-state index in [9.17, 15) is 0 Å². The summed E-state index contributed by atoms with van der Waals surface area (Å²) in [6.45, 7) is 5.08. The van der Waals surface area contributed by atoms with Crippen LogP contribution in [-0.2, 0) is 6.54 Å². The van der Waals surface area contributed by atoms with Gasteiger partial charge in [-0.25, -0.2) is 0 Å². The van der Waals surface area contributed by atoms with Crippen LogP contribution in [0.15, 0.2) is 11.4 Å². The van der Waals surface area contributed by atoms with Crippen molar-refractivity contribution in [2.45, 2.75) is 45.2 Å². The smallest absolute Gasteiger partial charge is 0.0555 e. The van der Waals surface area contributed by atoms with E-state index >= 15 is 0 Å². The lowest BCUT2D eigenvalue weighted by Crippen LogP contribution is -2.38. The zero-order valence-electron chi connectivity index (χ0n) is 11.1. The number of thiophene rings is 1. The fourth-order valence-electron chi connectivity index (χ4n) is 2.61. The highest BCUT2D eigenvalue weighted by Gasteiger charge is 2.20. The maximum absolute atomic E-state index is 5.39. The standard InChI is InChI=1S/C15H22N2S/c1-2-14-7-3-4-9-17(14)11-15-10-13(12-18-15)6-5-8-16/h10,12,14H,2-4,7-9,11,16H2,1H3. The second kappa shape index (κ2) is 6.94. The van der Waals surface area contributed by atoms with Crippen LogP contribution in [0.1, 0.15) is 43.0 Å². The Morgan fingerprint density at radius 1 is 1.50 bits per heavy atom. The van der Waals surface area contributed by atoms with E-state index in [1.54, 1.807) is 0 Å². The minimum absolute atomic E-state index is 0.440. The summed E-state index contributed by atoms with van der Waals surface area (Å²) >= 11 is 1.82. The van der Waals surface area contributed by atoms with E-state index in [0.29, 0.717) is 6.54 Å². The van der Waals surface area contributed by atoms with Gasteiger partial charge in [-0.1, -0.05) is 25.2 Å². The van der Waals surface area contributed by atoms with Gasteiger partial charge in [0.05, 0.1) is 6.54 Å². The van der Waals surface area contributed by atoms with Crippen LogP contribution < -0.4 is 5.73 Å². The first kappa shape index (κ1) is 13.6. The van der Waals surface area contributed by atoms with E-state index < -0.39 is 0 Å². The topological polar surface area (TPSA) is 29.3 Å². The Kier molecular flexibility index (Phi) is 5.25. The van der Waals surface area contributed by atoms with Crippen molar-refractivity contribution < 1.29 is 0 Å². The first-order valence-electron chi connectivity index (χ1n) is 6.84. The predicted octanol–water partition coefficient (Wildman–Crippen LogP) is 2.82. The summed E-state index contributed by atoms with van der Waals surface area (Å²) in [5, 5.41) is 2.14. The SMILES string of the molecule is CCC1CCCCN1Cc1cc(C#CCN)cs1. The van der Waals surface area contributed by atoms with Crippen LogP contribution in [0.25, 0.3) is 0 Å². The molecule has 1 aliphatic heterocycles. The largest absolute Gasteiger partial charge is 0.320 e. The lowest BCUT2D eigenvalue weighted by Gasteiger charge is -2.34. The van der Waals surface area contributed by atoms with Crippen molar-refractivity contribution in [2.75, 3.05) is 13.1 Å². The average Bonchev–Trinajstić information content (AvgIpc) is 2.84. The molecule has 1 fully saturated rings. The molecule has 0 aliphatic carbocycles. The first-order valence-corrected chi connectivity index (χ1v) is 7.72. The molecule has 18 heavy (non-hydrogen) atoms. The van der Waals surface area contributed by atoms with Gasteiger partial charge in [-0.3, -0.25) is 4.90 Å². The van der Waals surface area contributed by atoms with Gasteiger partial charge >= 0.3 is 0 Å².